The number of nitrogen functional groups attached to an aromatic ring is 1. The highest BCUT2D eigenvalue weighted by Gasteiger charge is 2.10. The number of anilines is 2. The standard InChI is InChI=1S/C14H10Cl4N2O2/c15-7-1-2-9(16)12(3-7)22-6-13(21)20-8-4-10(17)14(19)11(18)5-8/h1-5H,6,19H2,(H,20,21). The molecule has 0 unspecified atom stereocenters. The van der Waals surface area contributed by atoms with Crippen LogP contribution in [-0.2, 0) is 4.79 Å². The van der Waals surface area contributed by atoms with Crippen molar-refractivity contribution in [2.24, 2.45) is 0 Å². The van der Waals surface area contributed by atoms with E-state index in [-0.39, 0.29) is 22.3 Å². The summed E-state index contributed by atoms with van der Waals surface area (Å²) in [7, 11) is 0. The fourth-order valence-electron chi connectivity index (χ4n) is 1.58. The lowest BCUT2D eigenvalue weighted by Crippen LogP contribution is -2.20. The molecule has 1 amide bonds. The van der Waals surface area contributed by atoms with Crippen LogP contribution in [0.25, 0.3) is 0 Å². The molecule has 0 radical (unpaired) electrons. The first-order valence-electron chi connectivity index (χ1n) is 5.99. The molecule has 0 heterocycles. The maximum absolute atomic E-state index is 11.9. The summed E-state index contributed by atoms with van der Waals surface area (Å²) in [5, 5.41) is 3.91. The first-order valence-corrected chi connectivity index (χ1v) is 7.50. The van der Waals surface area contributed by atoms with Gasteiger partial charge in [0.2, 0.25) is 0 Å². The van der Waals surface area contributed by atoms with Crippen LogP contribution in [0.5, 0.6) is 5.75 Å². The van der Waals surface area contributed by atoms with Crippen molar-refractivity contribution in [1.82, 2.24) is 0 Å². The highest BCUT2D eigenvalue weighted by molar-refractivity contribution is 6.39. The fourth-order valence-corrected chi connectivity index (χ4v) is 2.41. The molecule has 2 aromatic rings. The van der Waals surface area contributed by atoms with Crippen molar-refractivity contribution in [3.05, 3.63) is 50.4 Å². The third kappa shape index (κ3) is 4.34. The lowest BCUT2D eigenvalue weighted by Gasteiger charge is -2.10. The molecule has 0 aliphatic carbocycles. The van der Waals surface area contributed by atoms with Crippen molar-refractivity contribution in [3.63, 3.8) is 0 Å². The minimum absolute atomic E-state index is 0.250. The van der Waals surface area contributed by atoms with Gasteiger partial charge in [-0.15, -0.1) is 0 Å². The smallest absolute Gasteiger partial charge is 0.262 e. The van der Waals surface area contributed by atoms with Gasteiger partial charge in [-0.3, -0.25) is 4.79 Å². The monoisotopic (exact) mass is 378 g/mol. The summed E-state index contributed by atoms with van der Waals surface area (Å²) in [6.45, 7) is -0.250. The lowest BCUT2D eigenvalue weighted by atomic mass is 10.3. The molecule has 4 nitrogen and oxygen atoms in total. The van der Waals surface area contributed by atoms with E-state index in [4.69, 9.17) is 56.9 Å². The number of amides is 1. The summed E-state index contributed by atoms with van der Waals surface area (Å²) in [5.41, 5.74) is 6.28. The van der Waals surface area contributed by atoms with Crippen LogP contribution >= 0.6 is 46.4 Å². The maximum Gasteiger partial charge on any atom is 0.262 e. The molecule has 22 heavy (non-hydrogen) atoms. The van der Waals surface area contributed by atoms with Crippen LogP contribution in [0.4, 0.5) is 11.4 Å². The second-order valence-corrected chi connectivity index (χ2v) is 5.92. The van der Waals surface area contributed by atoms with Crippen LogP contribution in [0.15, 0.2) is 30.3 Å². The zero-order chi connectivity index (χ0) is 16.3. The number of nitrogens with one attached hydrogen (secondary N) is 1. The number of nitrogens with two attached hydrogens (primary N) is 1. The summed E-state index contributed by atoms with van der Waals surface area (Å²) in [6, 6.07) is 7.71. The largest absolute Gasteiger partial charge is 0.482 e. The second-order valence-electron chi connectivity index (χ2n) is 4.27. The molecular weight excluding hydrogens is 370 g/mol. The Morgan fingerprint density at radius 1 is 1.05 bits per heavy atom. The highest BCUT2D eigenvalue weighted by atomic mass is 35.5. The van der Waals surface area contributed by atoms with E-state index >= 15 is 0 Å². The van der Waals surface area contributed by atoms with E-state index in [9.17, 15) is 4.79 Å². The number of rotatable bonds is 4. The summed E-state index contributed by atoms with van der Waals surface area (Å²) in [5.74, 6) is -0.0920. The van der Waals surface area contributed by atoms with Gasteiger partial charge in [-0.1, -0.05) is 46.4 Å². The Balaban J connectivity index is 2.00. The average Bonchev–Trinajstić information content (AvgIpc) is 2.45. The van der Waals surface area contributed by atoms with Crippen molar-refractivity contribution < 1.29 is 9.53 Å². The Morgan fingerprint density at radius 3 is 2.32 bits per heavy atom. The van der Waals surface area contributed by atoms with Crippen LogP contribution in [0, 0.1) is 0 Å². The van der Waals surface area contributed by atoms with Gasteiger partial charge in [-0.25, -0.2) is 0 Å². The fraction of sp³-hybridized carbons (Fsp3) is 0.0714. The third-order valence-corrected chi connectivity index (χ3v) is 3.79. The molecule has 0 spiro atoms. The molecule has 0 aliphatic heterocycles. The van der Waals surface area contributed by atoms with Gasteiger partial charge in [-0.2, -0.15) is 0 Å². The molecule has 0 bridgehead atoms. The van der Waals surface area contributed by atoms with E-state index in [0.717, 1.165) is 0 Å². The number of ether oxygens (including phenoxy) is 1. The average molecular weight is 380 g/mol. The van der Waals surface area contributed by atoms with E-state index in [1.165, 1.54) is 18.2 Å². The number of carbonyl (C=O) groups excluding carboxylic acids is 1. The van der Waals surface area contributed by atoms with Crippen LogP contribution < -0.4 is 15.8 Å². The lowest BCUT2D eigenvalue weighted by molar-refractivity contribution is -0.118. The van der Waals surface area contributed by atoms with E-state index < -0.39 is 5.91 Å². The third-order valence-electron chi connectivity index (χ3n) is 2.61. The molecular formula is C14H10Cl4N2O2. The zero-order valence-corrected chi connectivity index (χ0v) is 14.0. The van der Waals surface area contributed by atoms with Gasteiger partial charge < -0.3 is 15.8 Å². The van der Waals surface area contributed by atoms with E-state index in [1.54, 1.807) is 12.1 Å². The van der Waals surface area contributed by atoms with Gasteiger partial charge in [0.25, 0.3) is 5.91 Å². The number of hydrogen-bond donors (Lipinski definition) is 2. The Bertz CT molecular complexity index is 699. The molecule has 0 saturated heterocycles. The quantitative estimate of drug-likeness (QED) is 0.742. The molecule has 2 aromatic carbocycles. The summed E-state index contributed by atoms with van der Waals surface area (Å²) in [4.78, 5) is 11.9. The molecule has 0 fully saturated rings. The van der Waals surface area contributed by atoms with E-state index in [0.29, 0.717) is 21.5 Å². The predicted octanol–water partition coefficient (Wildman–Crippen LogP) is 4.90. The molecule has 0 aromatic heterocycles. The highest BCUT2D eigenvalue weighted by Crippen LogP contribution is 2.31. The topological polar surface area (TPSA) is 64.3 Å². The Kier molecular flexibility index (Phi) is 5.64. The zero-order valence-electron chi connectivity index (χ0n) is 11.0. The Morgan fingerprint density at radius 2 is 1.68 bits per heavy atom. The predicted molar refractivity (Wildman–Crippen MR) is 91.5 cm³/mol. The van der Waals surface area contributed by atoms with Gasteiger partial charge in [0.05, 0.1) is 20.8 Å². The van der Waals surface area contributed by atoms with Crippen LogP contribution in [0.2, 0.25) is 20.1 Å². The minimum atomic E-state index is -0.409. The Labute approximate surface area is 147 Å². The number of carbonyl (C=O) groups is 1. The van der Waals surface area contributed by atoms with Crippen LogP contribution in [0.3, 0.4) is 0 Å². The molecule has 116 valence electrons. The normalized spacial score (nSPS) is 10.4. The summed E-state index contributed by atoms with van der Waals surface area (Å²) >= 11 is 23.5. The van der Waals surface area contributed by atoms with Crippen molar-refractivity contribution in [1.29, 1.82) is 0 Å². The number of halogens is 4. The first-order chi connectivity index (χ1) is 10.4. The molecule has 3 N–H and O–H groups in total. The van der Waals surface area contributed by atoms with Crippen molar-refractivity contribution in [2.45, 2.75) is 0 Å². The Hall–Kier alpha value is -1.33. The van der Waals surface area contributed by atoms with E-state index in [1.807, 2.05) is 0 Å². The number of hydrogen-bond acceptors (Lipinski definition) is 3. The summed E-state index contributed by atoms with van der Waals surface area (Å²) in [6.07, 6.45) is 0. The molecule has 0 saturated carbocycles. The van der Waals surface area contributed by atoms with Crippen molar-refractivity contribution in [2.75, 3.05) is 17.7 Å². The van der Waals surface area contributed by atoms with Crippen molar-refractivity contribution >= 4 is 63.7 Å². The first kappa shape index (κ1) is 17.0. The molecule has 0 aliphatic rings. The maximum atomic E-state index is 11.9. The van der Waals surface area contributed by atoms with E-state index in [2.05, 4.69) is 5.32 Å². The van der Waals surface area contributed by atoms with Crippen LogP contribution in [-0.4, -0.2) is 12.5 Å². The van der Waals surface area contributed by atoms with Crippen molar-refractivity contribution in [3.8, 4) is 5.75 Å². The molecule has 2 rings (SSSR count). The van der Waals surface area contributed by atoms with Crippen LogP contribution in [0.1, 0.15) is 0 Å². The summed E-state index contributed by atoms with van der Waals surface area (Å²) < 4.78 is 5.32. The minimum Gasteiger partial charge on any atom is -0.482 e. The SMILES string of the molecule is Nc1c(Cl)cc(NC(=O)COc2cc(Cl)ccc2Cl)cc1Cl. The number of benzene rings is 2. The molecule has 0 atom stereocenters. The second kappa shape index (κ2) is 7.29. The van der Waals surface area contributed by atoms with Gasteiger partial charge in [0.1, 0.15) is 5.75 Å². The molecule has 8 heteroatoms. The van der Waals surface area contributed by atoms with Gasteiger partial charge in [0, 0.05) is 16.8 Å². The van der Waals surface area contributed by atoms with Gasteiger partial charge in [-0.05, 0) is 24.3 Å². The van der Waals surface area contributed by atoms with Gasteiger partial charge in [0.15, 0.2) is 6.61 Å². The van der Waals surface area contributed by atoms with Gasteiger partial charge >= 0.3 is 0 Å².